The van der Waals surface area contributed by atoms with Crippen LogP contribution >= 0.6 is 0 Å². The molecule has 2 aliphatic rings. The molecule has 9 heteroatoms. The number of aromatic nitrogens is 1. The Morgan fingerprint density at radius 1 is 0.943 bits per heavy atom. The second kappa shape index (κ2) is 11.3. The number of ether oxygens (including phenoxy) is 1. The standard InChI is InChI=1S/C26H33N3O5S/c1-2-34-26(31)22-7-9-23(10-8-22)35(32,33)28-18-13-21(14-19-28)25(30)29-17-5-3-4-6-24(29)20-11-15-27-16-12-20/h7-12,15-16,21,24H,2-6,13-14,17-19H2,1H3. The van der Waals surface area contributed by atoms with Gasteiger partial charge in [0.25, 0.3) is 0 Å². The highest BCUT2D eigenvalue weighted by Crippen LogP contribution is 2.33. The van der Waals surface area contributed by atoms with Gasteiger partial charge in [-0.15, -0.1) is 0 Å². The van der Waals surface area contributed by atoms with E-state index in [-0.39, 0.29) is 29.4 Å². The van der Waals surface area contributed by atoms with Gasteiger partial charge < -0.3 is 9.64 Å². The molecule has 0 spiro atoms. The smallest absolute Gasteiger partial charge is 0.338 e. The number of carbonyl (C=O) groups is 2. The Kier molecular flexibility index (Phi) is 8.18. The lowest BCUT2D eigenvalue weighted by atomic mass is 9.94. The number of amides is 1. The summed E-state index contributed by atoms with van der Waals surface area (Å²) in [5.41, 5.74) is 1.43. The van der Waals surface area contributed by atoms with Crippen LogP contribution in [0.3, 0.4) is 0 Å². The Hall–Kier alpha value is -2.78. The minimum atomic E-state index is -3.70. The zero-order chi connectivity index (χ0) is 24.8. The van der Waals surface area contributed by atoms with Crippen molar-refractivity contribution in [3.8, 4) is 0 Å². The summed E-state index contributed by atoms with van der Waals surface area (Å²) in [6.07, 6.45) is 8.65. The van der Waals surface area contributed by atoms with E-state index < -0.39 is 16.0 Å². The van der Waals surface area contributed by atoms with Crippen LogP contribution in [0.1, 0.15) is 67.4 Å². The lowest BCUT2D eigenvalue weighted by Crippen LogP contribution is -2.45. The molecule has 2 fully saturated rings. The van der Waals surface area contributed by atoms with Crippen LogP contribution in [0.2, 0.25) is 0 Å². The number of hydrogen-bond donors (Lipinski definition) is 0. The quantitative estimate of drug-likeness (QED) is 0.561. The fourth-order valence-electron chi connectivity index (χ4n) is 5.01. The van der Waals surface area contributed by atoms with Gasteiger partial charge in [0.2, 0.25) is 15.9 Å². The van der Waals surface area contributed by atoms with Crippen LogP contribution in [0.5, 0.6) is 0 Å². The van der Waals surface area contributed by atoms with Crippen molar-refractivity contribution in [2.45, 2.75) is 56.4 Å². The number of nitrogens with zero attached hydrogens (tertiary/aromatic N) is 3. The molecule has 0 radical (unpaired) electrons. The van der Waals surface area contributed by atoms with Crippen molar-refractivity contribution >= 4 is 21.9 Å². The van der Waals surface area contributed by atoms with Crippen LogP contribution < -0.4 is 0 Å². The highest BCUT2D eigenvalue weighted by molar-refractivity contribution is 7.89. The minimum absolute atomic E-state index is 0.0488. The summed E-state index contributed by atoms with van der Waals surface area (Å²) >= 11 is 0. The van der Waals surface area contributed by atoms with Gasteiger partial charge in [-0.25, -0.2) is 13.2 Å². The van der Waals surface area contributed by atoms with Gasteiger partial charge in [-0.05, 0) is 74.6 Å². The van der Waals surface area contributed by atoms with E-state index in [0.29, 0.717) is 31.5 Å². The first-order valence-electron chi connectivity index (χ1n) is 12.4. The van der Waals surface area contributed by atoms with Crippen LogP contribution in [0.15, 0.2) is 53.7 Å². The van der Waals surface area contributed by atoms with Crippen molar-refractivity contribution in [3.63, 3.8) is 0 Å². The van der Waals surface area contributed by atoms with Crippen LogP contribution in [0, 0.1) is 5.92 Å². The summed E-state index contributed by atoms with van der Waals surface area (Å²) in [7, 11) is -3.70. The van der Waals surface area contributed by atoms with E-state index in [4.69, 9.17) is 4.74 Å². The van der Waals surface area contributed by atoms with Gasteiger partial charge in [-0.2, -0.15) is 4.31 Å². The number of esters is 1. The maximum Gasteiger partial charge on any atom is 0.338 e. The van der Waals surface area contributed by atoms with Gasteiger partial charge in [-0.3, -0.25) is 9.78 Å². The van der Waals surface area contributed by atoms with E-state index in [2.05, 4.69) is 4.98 Å². The van der Waals surface area contributed by atoms with Crippen molar-refractivity contribution in [1.82, 2.24) is 14.2 Å². The SMILES string of the molecule is CCOC(=O)c1ccc(S(=O)(=O)N2CCC(C(=O)N3CCCCCC3c3ccncc3)CC2)cc1. The van der Waals surface area contributed by atoms with Gasteiger partial charge in [-0.1, -0.05) is 12.8 Å². The van der Waals surface area contributed by atoms with E-state index in [0.717, 1.165) is 37.8 Å². The molecule has 1 atom stereocenters. The van der Waals surface area contributed by atoms with Gasteiger partial charge in [0.05, 0.1) is 23.1 Å². The molecule has 2 saturated heterocycles. The molecule has 3 heterocycles. The zero-order valence-corrected chi connectivity index (χ0v) is 21.0. The first-order valence-corrected chi connectivity index (χ1v) is 13.8. The lowest BCUT2D eigenvalue weighted by molar-refractivity contribution is -0.139. The molecule has 35 heavy (non-hydrogen) atoms. The van der Waals surface area contributed by atoms with Crippen molar-refractivity contribution in [3.05, 3.63) is 59.9 Å². The molecule has 0 saturated carbocycles. The molecule has 2 aliphatic heterocycles. The number of rotatable bonds is 6. The predicted octanol–water partition coefficient (Wildman–Crippen LogP) is 3.80. The number of benzene rings is 1. The van der Waals surface area contributed by atoms with Crippen LogP contribution in [-0.4, -0.2) is 60.7 Å². The zero-order valence-electron chi connectivity index (χ0n) is 20.1. The summed E-state index contributed by atoms with van der Waals surface area (Å²) in [4.78, 5) is 31.7. The highest BCUT2D eigenvalue weighted by Gasteiger charge is 2.36. The van der Waals surface area contributed by atoms with Crippen molar-refractivity contribution in [2.24, 2.45) is 5.92 Å². The first kappa shape index (κ1) is 25.3. The Morgan fingerprint density at radius 3 is 2.29 bits per heavy atom. The van der Waals surface area contributed by atoms with Crippen molar-refractivity contribution in [2.75, 3.05) is 26.2 Å². The third-order valence-electron chi connectivity index (χ3n) is 6.93. The molecule has 2 aromatic rings. The Labute approximate surface area is 207 Å². The van der Waals surface area contributed by atoms with Crippen LogP contribution in [0.25, 0.3) is 0 Å². The number of piperidine rings is 1. The number of sulfonamides is 1. The highest BCUT2D eigenvalue weighted by atomic mass is 32.2. The normalized spacial score (nSPS) is 20.3. The predicted molar refractivity (Wildman–Crippen MR) is 131 cm³/mol. The van der Waals surface area contributed by atoms with Crippen molar-refractivity contribution in [1.29, 1.82) is 0 Å². The lowest BCUT2D eigenvalue weighted by Gasteiger charge is -2.36. The van der Waals surface area contributed by atoms with E-state index in [1.54, 1.807) is 19.3 Å². The number of hydrogen-bond acceptors (Lipinski definition) is 6. The Bertz CT molecular complexity index is 1110. The third-order valence-corrected chi connectivity index (χ3v) is 8.85. The topological polar surface area (TPSA) is 96.9 Å². The Balaban J connectivity index is 1.42. The van der Waals surface area contributed by atoms with E-state index in [1.807, 2.05) is 17.0 Å². The molecular formula is C26H33N3O5S. The number of carbonyl (C=O) groups excluding carboxylic acids is 2. The Morgan fingerprint density at radius 2 is 1.63 bits per heavy atom. The van der Waals surface area contributed by atoms with E-state index in [9.17, 15) is 18.0 Å². The average molecular weight is 500 g/mol. The molecular weight excluding hydrogens is 466 g/mol. The second-order valence-corrected chi connectivity index (χ2v) is 11.0. The average Bonchev–Trinajstić information content (AvgIpc) is 3.15. The van der Waals surface area contributed by atoms with Gasteiger partial charge in [0, 0.05) is 37.9 Å². The second-order valence-electron chi connectivity index (χ2n) is 9.10. The molecule has 0 bridgehead atoms. The summed E-state index contributed by atoms with van der Waals surface area (Å²) < 4.78 is 32.7. The molecule has 1 amide bonds. The molecule has 1 unspecified atom stereocenters. The molecule has 0 aliphatic carbocycles. The third kappa shape index (κ3) is 5.73. The fraction of sp³-hybridized carbons (Fsp3) is 0.500. The van der Waals surface area contributed by atoms with Gasteiger partial charge >= 0.3 is 5.97 Å². The summed E-state index contributed by atoms with van der Waals surface area (Å²) in [5, 5.41) is 0. The van der Waals surface area contributed by atoms with E-state index >= 15 is 0 Å². The molecule has 188 valence electrons. The van der Waals surface area contributed by atoms with Crippen molar-refractivity contribution < 1.29 is 22.7 Å². The maximum atomic E-state index is 13.6. The first-order chi connectivity index (χ1) is 16.9. The summed E-state index contributed by atoms with van der Waals surface area (Å²) in [6, 6.07) is 9.84. The largest absolute Gasteiger partial charge is 0.462 e. The number of pyridine rings is 1. The molecule has 1 aromatic carbocycles. The molecule has 4 rings (SSSR count). The molecule has 0 N–H and O–H groups in total. The van der Waals surface area contributed by atoms with E-state index in [1.165, 1.54) is 28.6 Å². The molecule has 8 nitrogen and oxygen atoms in total. The van der Waals surface area contributed by atoms with Crippen LogP contribution in [0.4, 0.5) is 0 Å². The summed E-state index contributed by atoms with van der Waals surface area (Å²) in [5.74, 6) is -0.533. The summed E-state index contributed by atoms with van der Waals surface area (Å²) in [6.45, 7) is 3.31. The fourth-order valence-corrected chi connectivity index (χ4v) is 6.48. The minimum Gasteiger partial charge on any atom is -0.462 e. The maximum absolute atomic E-state index is 13.6. The monoisotopic (exact) mass is 499 g/mol. The van der Waals surface area contributed by atoms with Gasteiger partial charge in [0.15, 0.2) is 0 Å². The van der Waals surface area contributed by atoms with Crippen LogP contribution in [-0.2, 0) is 19.6 Å². The van der Waals surface area contributed by atoms with Gasteiger partial charge in [0.1, 0.15) is 0 Å². The number of likely N-dealkylation sites (tertiary alicyclic amines) is 1. The molecule has 1 aromatic heterocycles.